The number of nitrogens with one attached hydrogen (secondary N) is 2. The number of benzene rings is 2. The molecule has 0 radical (unpaired) electrons. The molecule has 0 aromatic heterocycles. The summed E-state index contributed by atoms with van der Waals surface area (Å²) in [6, 6.07) is 15.8. The third-order valence-corrected chi connectivity index (χ3v) is 6.26. The highest BCUT2D eigenvalue weighted by molar-refractivity contribution is 6.07. The lowest BCUT2D eigenvalue weighted by atomic mass is 9.85. The lowest BCUT2D eigenvalue weighted by Gasteiger charge is -2.22. The summed E-state index contributed by atoms with van der Waals surface area (Å²) in [7, 11) is 0. The third kappa shape index (κ3) is 8.51. The van der Waals surface area contributed by atoms with E-state index < -0.39 is 0 Å². The van der Waals surface area contributed by atoms with Crippen LogP contribution in [0.15, 0.2) is 70.8 Å². The van der Waals surface area contributed by atoms with E-state index in [9.17, 15) is 9.59 Å². The van der Waals surface area contributed by atoms with Gasteiger partial charge in [0.05, 0.1) is 0 Å². The number of allylic oxidation sites excluding steroid dienone is 2. The fourth-order valence-corrected chi connectivity index (χ4v) is 4.46. The number of anilines is 2. The van der Waals surface area contributed by atoms with E-state index >= 15 is 0 Å². The quantitative estimate of drug-likeness (QED) is 0.219. The van der Waals surface area contributed by atoms with E-state index in [-0.39, 0.29) is 11.8 Å². The normalized spacial score (nSPS) is 12.5. The van der Waals surface area contributed by atoms with Gasteiger partial charge < -0.3 is 10.6 Å². The second-order valence-electron chi connectivity index (χ2n) is 9.55. The minimum Gasteiger partial charge on any atom is -0.322 e. The van der Waals surface area contributed by atoms with Gasteiger partial charge in [-0.1, -0.05) is 88.8 Å². The Kier molecular flexibility index (Phi) is 12.2. The second-order valence-corrected chi connectivity index (χ2v) is 9.55. The van der Waals surface area contributed by atoms with Gasteiger partial charge in [0.1, 0.15) is 0 Å². The smallest absolute Gasteiger partial charge is 0.251 e. The predicted octanol–water partition coefficient (Wildman–Crippen LogP) is 8.67. The zero-order valence-corrected chi connectivity index (χ0v) is 23.1. The summed E-state index contributed by atoms with van der Waals surface area (Å²) in [5, 5.41) is 6.23. The Morgan fingerprint density at radius 1 is 0.500 bits per heavy atom. The van der Waals surface area contributed by atoms with Gasteiger partial charge in [0.25, 0.3) is 11.8 Å². The molecule has 2 amide bonds. The van der Waals surface area contributed by atoms with Gasteiger partial charge in [0.2, 0.25) is 0 Å². The second kappa shape index (κ2) is 15.1. The molecule has 0 unspecified atom stereocenters. The summed E-state index contributed by atoms with van der Waals surface area (Å²) in [5.74, 6) is -0.125. The van der Waals surface area contributed by atoms with Gasteiger partial charge in [-0.25, -0.2) is 0 Å². The molecule has 0 aliphatic heterocycles. The monoisotopic (exact) mass is 488 g/mol. The lowest BCUT2D eigenvalue weighted by Crippen LogP contribution is -2.20. The number of rotatable bonds is 13. The lowest BCUT2D eigenvalue weighted by molar-refractivity contribution is -0.114. The summed E-state index contributed by atoms with van der Waals surface area (Å²) in [6.07, 6.45) is 6.45. The minimum absolute atomic E-state index is 0.0625. The largest absolute Gasteiger partial charge is 0.322 e. The van der Waals surface area contributed by atoms with Crippen LogP contribution in [0.1, 0.15) is 90.2 Å². The van der Waals surface area contributed by atoms with Crippen LogP contribution in [0.5, 0.6) is 0 Å². The zero-order chi connectivity index (χ0) is 26.5. The Morgan fingerprint density at radius 2 is 0.778 bits per heavy atom. The fourth-order valence-electron chi connectivity index (χ4n) is 4.46. The van der Waals surface area contributed by atoms with E-state index in [0.29, 0.717) is 12.8 Å². The van der Waals surface area contributed by atoms with Crippen molar-refractivity contribution in [3.8, 4) is 0 Å². The van der Waals surface area contributed by atoms with Crippen LogP contribution < -0.4 is 10.6 Å². The fraction of sp³-hybridized carbons (Fsp3) is 0.438. The molecule has 0 bridgehead atoms. The molecule has 0 aliphatic rings. The molecule has 0 atom stereocenters. The molecular formula is C32H44N2O2. The minimum atomic E-state index is -0.0625. The van der Waals surface area contributed by atoms with E-state index in [4.69, 9.17) is 0 Å². The first-order chi connectivity index (χ1) is 17.3. The highest BCUT2D eigenvalue weighted by Gasteiger charge is 2.23. The average Bonchev–Trinajstić information content (AvgIpc) is 2.86. The van der Waals surface area contributed by atoms with Gasteiger partial charge in [0, 0.05) is 22.5 Å². The molecule has 0 aliphatic carbocycles. The van der Waals surface area contributed by atoms with Crippen molar-refractivity contribution in [2.45, 2.75) is 92.9 Å². The molecule has 2 aromatic rings. The molecule has 4 nitrogen and oxygen atoms in total. The Labute approximate surface area is 218 Å². The van der Waals surface area contributed by atoms with Crippen LogP contribution in [0.25, 0.3) is 0 Å². The molecule has 0 saturated heterocycles. The number of carbonyl (C=O) groups is 2. The van der Waals surface area contributed by atoms with Gasteiger partial charge >= 0.3 is 0 Å². The molecule has 2 aromatic carbocycles. The summed E-state index contributed by atoms with van der Waals surface area (Å²) in [5.41, 5.74) is 7.60. The highest BCUT2D eigenvalue weighted by atomic mass is 16.2. The topological polar surface area (TPSA) is 58.2 Å². The predicted molar refractivity (Wildman–Crippen MR) is 153 cm³/mol. The van der Waals surface area contributed by atoms with Crippen LogP contribution in [-0.2, 0) is 9.59 Å². The van der Waals surface area contributed by atoms with Crippen molar-refractivity contribution in [3.63, 3.8) is 0 Å². The maximum absolute atomic E-state index is 13.6. The Morgan fingerprint density at radius 3 is 1.06 bits per heavy atom. The average molecular weight is 489 g/mol. The summed E-state index contributed by atoms with van der Waals surface area (Å²) in [6.45, 7) is 12.5. The van der Waals surface area contributed by atoms with Gasteiger partial charge in [0.15, 0.2) is 0 Å². The first kappa shape index (κ1) is 29.1. The molecule has 2 N–H and O–H groups in total. The van der Waals surface area contributed by atoms with Gasteiger partial charge in [-0.15, -0.1) is 0 Å². The van der Waals surface area contributed by atoms with Gasteiger partial charge in [-0.3, -0.25) is 9.59 Å². The molecule has 0 fully saturated rings. The molecule has 0 spiro atoms. The number of aryl methyl sites for hydroxylation is 2. The van der Waals surface area contributed by atoms with Crippen LogP contribution in [0.4, 0.5) is 11.4 Å². The number of amides is 2. The van der Waals surface area contributed by atoms with Crippen molar-refractivity contribution in [2.75, 3.05) is 10.6 Å². The molecule has 0 heterocycles. The molecule has 36 heavy (non-hydrogen) atoms. The first-order valence-corrected chi connectivity index (χ1v) is 13.5. The van der Waals surface area contributed by atoms with E-state index in [1.807, 2.05) is 62.4 Å². The molecule has 4 heteroatoms. The maximum atomic E-state index is 13.6. The Balaban J connectivity index is 2.60. The third-order valence-electron chi connectivity index (χ3n) is 6.26. The van der Waals surface area contributed by atoms with Crippen molar-refractivity contribution < 1.29 is 9.59 Å². The maximum Gasteiger partial charge on any atom is 0.251 e. The van der Waals surface area contributed by atoms with E-state index in [0.717, 1.165) is 83.3 Å². The van der Waals surface area contributed by atoms with Crippen molar-refractivity contribution in [2.24, 2.45) is 0 Å². The van der Waals surface area contributed by atoms with E-state index in [2.05, 4.69) is 38.3 Å². The molecule has 0 saturated carbocycles. The summed E-state index contributed by atoms with van der Waals surface area (Å²) in [4.78, 5) is 27.2. The van der Waals surface area contributed by atoms with Crippen LogP contribution in [0.2, 0.25) is 0 Å². The van der Waals surface area contributed by atoms with Crippen molar-refractivity contribution in [1.82, 2.24) is 0 Å². The van der Waals surface area contributed by atoms with Gasteiger partial charge in [-0.05, 0) is 74.9 Å². The van der Waals surface area contributed by atoms with Crippen LogP contribution >= 0.6 is 0 Å². The SMILES string of the molecule is CCC/C(C(=O)Nc1ccc(C)cc1)=C(CCC)/C(CCC)=C(/CCC)C(=O)Nc1ccc(C)cc1. The number of hydrogen-bond donors (Lipinski definition) is 2. The first-order valence-electron chi connectivity index (χ1n) is 13.5. The summed E-state index contributed by atoms with van der Waals surface area (Å²) >= 11 is 0. The van der Waals surface area contributed by atoms with E-state index in [1.54, 1.807) is 0 Å². The van der Waals surface area contributed by atoms with Crippen LogP contribution in [0.3, 0.4) is 0 Å². The molecule has 2 rings (SSSR count). The standard InChI is InChI=1S/C32H44N2O2/c1-7-11-27(29(13-9-3)31(35)33-25-19-15-23(5)16-20-25)28(12-8-2)30(14-10-4)32(36)34-26-21-17-24(6)18-22-26/h15-22H,7-14H2,1-6H3,(H,33,35)(H,34,36)/b29-27-,30-28-. The Hall–Kier alpha value is -3.14. The van der Waals surface area contributed by atoms with Crippen molar-refractivity contribution >= 4 is 23.2 Å². The highest BCUT2D eigenvalue weighted by Crippen LogP contribution is 2.32. The van der Waals surface area contributed by atoms with Crippen LogP contribution in [-0.4, -0.2) is 11.8 Å². The van der Waals surface area contributed by atoms with E-state index in [1.165, 1.54) is 0 Å². The molecule has 194 valence electrons. The summed E-state index contributed by atoms with van der Waals surface area (Å²) < 4.78 is 0. The number of carbonyl (C=O) groups excluding carboxylic acids is 2. The van der Waals surface area contributed by atoms with Crippen molar-refractivity contribution in [3.05, 3.63) is 82.0 Å². The zero-order valence-electron chi connectivity index (χ0n) is 23.1. The number of hydrogen-bond acceptors (Lipinski definition) is 2. The molecular weight excluding hydrogens is 444 g/mol. The van der Waals surface area contributed by atoms with Crippen LogP contribution in [0, 0.1) is 13.8 Å². The Bertz CT molecular complexity index is 973. The van der Waals surface area contributed by atoms with Gasteiger partial charge in [-0.2, -0.15) is 0 Å². The van der Waals surface area contributed by atoms with Crippen molar-refractivity contribution in [1.29, 1.82) is 0 Å².